The minimum atomic E-state index is -0.289. The molecule has 0 N–H and O–H groups in total. The van der Waals surface area contributed by atoms with Crippen molar-refractivity contribution in [1.29, 1.82) is 0 Å². The second-order valence-electron chi connectivity index (χ2n) is 2.85. The average molecular weight is 158 g/mol. The molecule has 0 amide bonds. The van der Waals surface area contributed by atoms with Gasteiger partial charge in [0.1, 0.15) is 0 Å². The Balaban J connectivity index is 2.43. The van der Waals surface area contributed by atoms with E-state index in [0.29, 0.717) is 6.42 Å². The lowest BCUT2D eigenvalue weighted by Gasteiger charge is -2.13. The quantitative estimate of drug-likeness (QED) is 0.581. The molecule has 1 aliphatic heterocycles. The summed E-state index contributed by atoms with van der Waals surface area (Å²) in [6.07, 6.45) is 2.31. The molecule has 0 aliphatic carbocycles. The number of ether oxygens (including phenoxy) is 2. The lowest BCUT2D eigenvalue weighted by atomic mass is 10.0. The van der Waals surface area contributed by atoms with Crippen molar-refractivity contribution in [3.8, 4) is 0 Å². The van der Waals surface area contributed by atoms with Crippen molar-refractivity contribution in [3.05, 3.63) is 0 Å². The van der Waals surface area contributed by atoms with Gasteiger partial charge in [-0.05, 0) is 6.42 Å². The van der Waals surface area contributed by atoms with Gasteiger partial charge in [-0.2, -0.15) is 0 Å². The Kier molecular flexibility index (Phi) is 2.88. The van der Waals surface area contributed by atoms with Crippen LogP contribution >= 0.6 is 0 Å². The maximum atomic E-state index is 10.8. The van der Waals surface area contributed by atoms with E-state index >= 15 is 0 Å². The van der Waals surface area contributed by atoms with E-state index in [1.807, 2.05) is 0 Å². The van der Waals surface area contributed by atoms with E-state index in [9.17, 15) is 4.79 Å². The van der Waals surface area contributed by atoms with Gasteiger partial charge >= 0.3 is 5.97 Å². The van der Waals surface area contributed by atoms with Crippen molar-refractivity contribution in [2.24, 2.45) is 5.92 Å². The maximum absolute atomic E-state index is 10.8. The molecule has 0 spiro atoms. The van der Waals surface area contributed by atoms with E-state index in [2.05, 4.69) is 6.92 Å². The third kappa shape index (κ3) is 1.93. The molecule has 1 fully saturated rings. The second kappa shape index (κ2) is 3.72. The predicted molar refractivity (Wildman–Crippen MR) is 39.9 cm³/mol. The average Bonchev–Trinajstić information content (AvgIpc) is 2.32. The van der Waals surface area contributed by atoms with Crippen LogP contribution in [0.2, 0.25) is 0 Å². The predicted octanol–water partition coefficient (Wildman–Crippen LogP) is 1.32. The topological polar surface area (TPSA) is 35.5 Å². The summed E-state index contributed by atoms with van der Waals surface area (Å²) in [5, 5.41) is 0. The van der Waals surface area contributed by atoms with E-state index in [1.165, 1.54) is 0 Å². The van der Waals surface area contributed by atoms with Gasteiger partial charge in [-0.1, -0.05) is 13.3 Å². The maximum Gasteiger partial charge on any atom is 0.308 e. The van der Waals surface area contributed by atoms with Gasteiger partial charge in [-0.3, -0.25) is 4.79 Å². The van der Waals surface area contributed by atoms with Gasteiger partial charge in [0, 0.05) is 13.0 Å². The third-order valence-electron chi connectivity index (χ3n) is 1.95. The molecule has 0 radical (unpaired) electrons. The third-order valence-corrected chi connectivity index (χ3v) is 1.95. The smallest absolute Gasteiger partial charge is 0.308 e. The number of cyclic esters (lactones) is 1. The summed E-state index contributed by atoms with van der Waals surface area (Å²) < 4.78 is 9.92. The van der Waals surface area contributed by atoms with Crippen LogP contribution in [-0.2, 0) is 14.3 Å². The van der Waals surface area contributed by atoms with Crippen LogP contribution in [0.15, 0.2) is 0 Å². The summed E-state index contributed by atoms with van der Waals surface area (Å²) >= 11 is 0. The molecule has 0 aromatic rings. The minimum absolute atomic E-state index is 0.129. The molecule has 1 heterocycles. The molecule has 0 aromatic heterocycles. The van der Waals surface area contributed by atoms with Gasteiger partial charge < -0.3 is 9.47 Å². The number of hydrogen-bond acceptors (Lipinski definition) is 3. The lowest BCUT2D eigenvalue weighted by Crippen LogP contribution is -2.17. The Hall–Kier alpha value is -0.570. The Morgan fingerprint density at radius 3 is 3.00 bits per heavy atom. The number of hydrogen-bond donors (Lipinski definition) is 0. The first kappa shape index (κ1) is 8.53. The van der Waals surface area contributed by atoms with E-state index in [1.54, 1.807) is 7.11 Å². The normalized spacial score (nSPS) is 30.5. The van der Waals surface area contributed by atoms with Crippen LogP contribution in [0.1, 0.15) is 26.2 Å². The summed E-state index contributed by atoms with van der Waals surface area (Å²) in [6.45, 7) is 2.09. The number of methoxy groups -OCH3 is 1. The van der Waals surface area contributed by atoms with Gasteiger partial charge in [0.15, 0.2) is 0 Å². The van der Waals surface area contributed by atoms with Crippen molar-refractivity contribution in [2.45, 2.75) is 32.5 Å². The molecule has 0 saturated carbocycles. The van der Waals surface area contributed by atoms with Crippen LogP contribution < -0.4 is 0 Å². The van der Waals surface area contributed by atoms with Crippen LogP contribution in [0.5, 0.6) is 0 Å². The fourth-order valence-electron chi connectivity index (χ4n) is 1.43. The molecule has 3 nitrogen and oxygen atoms in total. The van der Waals surface area contributed by atoms with Crippen molar-refractivity contribution in [2.75, 3.05) is 7.11 Å². The van der Waals surface area contributed by atoms with Crippen LogP contribution in [0.25, 0.3) is 0 Å². The molecule has 1 rings (SSSR count). The Labute approximate surface area is 66.7 Å². The van der Waals surface area contributed by atoms with E-state index in [-0.39, 0.29) is 18.2 Å². The van der Waals surface area contributed by atoms with Crippen LogP contribution in [0.4, 0.5) is 0 Å². The highest BCUT2D eigenvalue weighted by Gasteiger charge is 2.33. The highest BCUT2D eigenvalue weighted by atomic mass is 16.7. The number of carbonyl (C=O) groups excluding carboxylic acids is 1. The highest BCUT2D eigenvalue weighted by Crippen LogP contribution is 2.26. The van der Waals surface area contributed by atoms with E-state index < -0.39 is 0 Å². The molecule has 1 aliphatic rings. The molecule has 1 saturated heterocycles. The van der Waals surface area contributed by atoms with Gasteiger partial charge in [0.05, 0.1) is 6.42 Å². The first-order valence-corrected chi connectivity index (χ1v) is 4.00. The van der Waals surface area contributed by atoms with Crippen molar-refractivity contribution in [1.82, 2.24) is 0 Å². The molecule has 0 aromatic carbocycles. The zero-order chi connectivity index (χ0) is 8.27. The molecule has 64 valence electrons. The fraction of sp³-hybridized carbons (Fsp3) is 0.875. The van der Waals surface area contributed by atoms with Gasteiger partial charge in [-0.15, -0.1) is 0 Å². The lowest BCUT2D eigenvalue weighted by molar-refractivity contribution is -0.161. The Morgan fingerprint density at radius 2 is 2.45 bits per heavy atom. The van der Waals surface area contributed by atoms with Gasteiger partial charge in [0.25, 0.3) is 0 Å². The van der Waals surface area contributed by atoms with E-state index in [0.717, 1.165) is 12.8 Å². The van der Waals surface area contributed by atoms with Crippen LogP contribution in [-0.4, -0.2) is 19.4 Å². The second-order valence-corrected chi connectivity index (χ2v) is 2.85. The largest absolute Gasteiger partial charge is 0.435 e. The molecule has 3 heteroatoms. The Bertz CT molecular complexity index is 144. The fourth-order valence-corrected chi connectivity index (χ4v) is 1.43. The van der Waals surface area contributed by atoms with Crippen molar-refractivity contribution >= 4 is 5.97 Å². The van der Waals surface area contributed by atoms with Crippen molar-refractivity contribution in [3.63, 3.8) is 0 Å². The van der Waals surface area contributed by atoms with Crippen LogP contribution in [0, 0.1) is 5.92 Å². The first-order valence-electron chi connectivity index (χ1n) is 4.00. The van der Waals surface area contributed by atoms with Gasteiger partial charge in [0.2, 0.25) is 6.29 Å². The zero-order valence-corrected chi connectivity index (χ0v) is 7.00. The van der Waals surface area contributed by atoms with Crippen LogP contribution in [0.3, 0.4) is 0 Å². The SMILES string of the molecule is CCC[C@@H]1CC(=O)OC1OC. The van der Waals surface area contributed by atoms with Crippen molar-refractivity contribution < 1.29 is 14.3 Å². The number of carbonyl (C=O) groups is 1. The molecular formula is C8H14O3. The number of rotatable bonds is 3. The molecule has 1 unspecified atom stereocenters. The molecule has 2 atom stereocenters. The highest BCUT2D eigenvalue weighted by molar-refractivity contribution is 5.71. The van der Waals surface area contributed by atoms with Gasteiger partial charge in [-0.25, -0.2) is 0 Å². The summed E-state index contributed by atoms with van der Waals surface area (Å²) in [5.74, 6) is 0.146. The molecule has 11 heavy (non-hydrogen) atoms. The van der Waals surface area contributed by atoms with E-state index in [4.69, 9.17) is 9.47 Å². The molecular weight excluding hydrogens is 144 g/mol. The minimum Gasteiger partial charge on any atom is -0.435 e. The summed E-state index contributed by atoms with van der Waals surface area (Å²) in [4.78, 5) is 10.8. The molecule has 0 bridgehead atoms. The zero-order valence-electron chi connectivity index (χ0n) is 7.00. The first-order chi connectivity index (χ1) is 5.27. The summed E-state index contributed by atoms with van der Waals surface area (Å²) in [6, 6.07) is 0. The summed E-state index contributed by atoms with van der Waals surface area (Å²) in [5.41, 5.74) is 0. The standard InChI is InChI=1S/C8H14O3/c1-3-4-6-5-7(9)11-8(6)10-2/h6,8H,3-5H2,1-2H3/t6-,8?/m1/s1. The summed E-state index contributed by atoms with van der Waals surface area (Å²) in [7, 11) is 1.58. The monoisotopic (exact) mass is 158 g/mol. The Morgan fingerprint density at radius 1 is 1.73 bits per heavy atom. The number of esters is 1.